The molecule has 0 amide bonds. The zero-order chi connectivity index (χ0) is 18.7. The van der Waals surface area contributed by atoms with Gasteiger partial charge in [-0.1, -0.05) is 24.3 Å². The van der Waals surface area contributed by atoms with Crippen LogP contribution in [-0.4, -0.2) is 32.1 Å². The Morgan fingerprint density at radius 3 is 2.52 bits per heavy atom. The third-order valence-corrected chi connectivity index (χ3v) is 6.41. The summed E-state index contributed by atoms with van der Waals surface area (Å²) in [5.41, 5.74) is 2.26. The summed E-state index contributed by atoms with van der Waals surface area (Å²) in [5.74, 6) is -0.205. The lowest BCUT2D eigenvalue weighted by atomic mass is 9.64. The van der Waals surface area contributed by atoms with Crippen molar-refractivity contribution in [2.45, 2.75) is 70.4 Å². The number of carbonyl (C=O) groups is 1. The molecule has 1 unspecified atom stereocenters. The number of fused-ring (bicyclic) bond motifs is 3. The first-order chi connectivity index (χ1) is 13.1. The number of benzene rings is 1. The van der Waals surface area contributed by atoms with E-state index >= 15 is 0 Å². The van der Waals surface area contributed by atoms with Crippen LogP contribution in [0, 0.1) is 5.41 Å². The Morgan fingerprint density at radius 2 is 1.93 bits per heavy atom. The van der Waals surface area contributed by atoms with Gasteiger partial charge in [0.1, 0.15) is 0 Å². The van der Waals surface area contributed by atoms with Crippen molar-refractivity contribution in [3.05, 3.63) is 35.4 Å². The van der Waals surface area contributed by atoms with Crippen molar-refractivity contribution in [2.75, 3.05) is 19.8 Å². The van der Waals surface area contributed by atoms with Crippen LogP contribution in [0.3, 0.4) is 0 Å². The van der Waals surface area contributed by atoms with Crippen LogP contribution >= 0.6 is 0 Å². The minimum Gasteiger partial charge on any atom is -0.465 e. The van der Waals surface area contributed by atoms with E-state index in [1.807, 2.05) is 0 Å². The summed E-state index contributed by atoms with van der Waals surface area (Å²) in [6, 6.07) is 8.66. The maximum Gasteiger partial charge on any atom is 0.302 e. The van der Waals surface area contributed by atoms with Gasteiger partial charge in [0.05, 0.1) is 25.4 Å². The molecule has 5 heteroatoms. The molecule has 0 spiro atoms. The molecule has 3 aliphatic heterocycles. The number of rotatable bonds is 6. The number of esters is 1. The zero-order valence-corrected chi connectivity index (χ0v) is 16.2. The molecule has 27 heavy (non-hydrogen) atoms. The topological polar surface area (TPSA) is 54.0 Å². The van der Waals surface area contributed by atoms with E-state index in [0.29, 0.717) is 19.8 Å². The summed E-state index contributed by atoms with van der Waals surface area (Å²) < 4.78 is 23.1. The zero-order valence-electron chi connectivity index (χ0n) is 16.2. The van der Waals surface area contributed by atoms with Crippen LogP contribution in [0.2, 0.25) is 0 Å². The Bertz CT molecular complexity index is 623. The lowest BCUT2D eigenvalue weighted by Crippen LogP contribution is -2.51. The second-order valence-corrected chi connectivity index (χ2v) is 8.37. The van der Waals surface area contributed by atoms with Crippen LogP contribution in [0.25, 0.3) is 0 Å². The molecule has 1 aromatic rings. The smallest absolute Gasteiger partial charge is 0.302 e. The fourth-order valence-corrected chi connectivity index (χ4v) is 4.51. The number of carbonyl (C=O) groups excluding carboxylic acids is 1. The lowest BCUT2D eigenvalue weighted by Gasteiger charge is -2.53. The molecule has 3 heterocycles. The van der Waals surface area contributed by atoms with Crippen LogP contribution in [0.5, 0.6) is 0 Å². The Kier molecular flexibility index (Phi) is 5.53. The van der Waals surface area contributed by atoms with E-state index in [2.05, 4.69) is 24.3 Å². The van der Waals surface area contributed by atoms with Gasteiger partial charge in [0.25, 0.3) is 0 Å². The van der Waals surface area contributed by atoms with Crippen molar-refractivity contribution in [3.8, 4) is 0 Å². The minimum atomic E-state index is -0.205. The molecule has 1 saturated carbocycles. The van der Waals surface area contributed by atoms with Gasteiger partial charge < -0.3 is 18.9 Å². The molecule has 148 valence electrons. The highest BCUT2D eigenvalue weighted by atomic mass is 16.7. The predicted octanol–water partition coefficient (Wildman–Crippen LogP) is 4.08. The van der Waals surface area contributed by atoms with Gasteiger partial charge in [0, 0.05) is 18.9 Å². The van der Waals surface area contributed by atoms with E-state index in [-0.39, 0.29) is 23.3 Å². The molecule has 5 rings (SSSR count). The standard InChI is InChI=1S/C22H30O5/c1-17(23)26-15-21-9-11-22(12-10-21,27-16-21)19-7-5-18(6-8-19)14-25-20-4-2-3-13-24-20/h5-8,20H,2-4,9-16H2,1H3. The van der Waals surface area contributed by atoms with Crippen molar-refractivity contribution in [1.82, 2.24) is 0 Å². The van der Waals surface area contributed by atoms with Crippen molar-refractivity contribution in [3.63, 3.8) is 0 Å². The SMILES string of the molecule is CC(=O)OCC12CCC(c3ccc(COC4CCCCO4)cc3)(CC1)OC2. The van der Waals surface area contributed by atoms with E-state index in [1.165, 1.54) is 24.5 Å². The fraction of sp³-hybridized carbons (Fsp3) is 0.682. The van der Waals surface area contributed by atoms with E-state index in [4.69, 9.17) is 18.9 Å². The van der Waals surface area contributed by atoms with Gasteiger partial charge in [0.2, 0.25) is 0 Å². The van der Waals surface area contributed by atoms with Gasteiger partial charge in [-0.15, -0.1) is 0 Å². The highest BCUT2D eigenvalue weighted by molar-refractivity contribution is 5.65. The molecular weight excluding hydrogens is 344 g/mol. The van der Waals surface area contributed by atoms with Crippen LogP contribution in [0.15, 0.2) is 24.3 Å². The maximum atomic E-state index is 11.1. The number of ether oxygens (including phenoxy) is 4. The van der Waals surface area contributed by atoms with Gasteiger partial charge >= 0.3 is 5.97 Å². The van der Waals surface area contributed by atoms with Gasteiger partial charge in [-0.05, 0) is 56.1 Å². The Morgan fingerprint density at radius 1 is 1.15 bits per heavy atom. The summed E-state index contributed by atoms with van der Waals surface area (Å²) in [4.78, 5) is 11.1. The third kappa shape index (κ3) is 4.20. The highest BCUT2D eigenvalue weighted by Crippen LogP contribution is 2.53. The summed E-state index contributed by atoms with van der Waals surface area (Å²) in [6.45, 7) is 4.02. The summed E-state index contributed by atoms with van der Waals surface area (Å²) in [7, 11) is 0. The molecule has 4 fully saturated rings. The van der Waals surface area contributed by atoms with Crippen molar-refractivity contribution < 1.29 is 23.7 Å². The average molecular weight is 374 g/mol. The van der Waals surface area contributed by atoms with Crippen molar-refractivity contribution >= 4 is 5.97 Å². The average Bonchev–Trinajstić information content (AvgIpc) is 2.73. The van der Waals surface area contributed by atoms with Crippen LogP contribution in [0.4, 0.5) is 0 Å². The molecule has 0 N–H and O–H groups in total. The molecule has 1 aromatic carbocycles. The fourth-order valence-electron chi connectivity index (χ4n) is 4.51. The molecule has 3 saturated heterocycles. The quantitative estimate of drug-likeness (QED) is 0.702. The van der Waals surface area contributed by atoms with Crippen LogP contribution in [0.1, 0.15) is 63.0 Å². The first-order valence-electron chi connectivity index (χ1n) is 10.2. The van der Waals surface area contributed by atoms with E-state index < -0.39 is 0 Å². The first kappa shape index (κ1) is 18.9. The highest BCUT2D eigenvalue weighted by Gasteiger charge is 2.51. The largest absolute Gasteiger partial charge is 0.465 e. The van der Waals surface area contributed by atoms with Crippen molar-refractivity contribution in [1.29, 1.82) is 0 Å². The van der Waals surface area contributed by atoms with Crippen LogP contribution in [-0.2, 0) is 35.9 Å². The number of hydrogen-bond donors (Lipinski definition) is 0. The molecule has 1 atom stereocenters. The molecule has 5 nitrogen and oxygen atoms in total. The van der Waals surface area contributed by atoms with Crippen LogP contribution < -0.4 is 0 Å². The second kappa shape index (κ2) is 7.90. The molecule has 0 aromatic heterocycles. The Hall–Kier alpha value is -1.43. The van der Waals surface area contributed by atoms with Crippen molar-refractivity contribution in [2.24, 2.45) is 5.41 Å². The number of hydrogen-bond acceptors (Lipinski definition) is 5. The van der Waals surface area contributed by atoms with Gasteiger partial charge in [-0.2, -0.15) is 0 Å². The summed E-state index contributed by atoms with van der Waals surface area (Å²) >= 11 is 0. The van der Waals surface area contributed by atoms with E-state index in [0.717, 1.165) is 45.1 Å². The Balaban J connectivity index is 1.33. The predicted molar refractivity (Wildman–Crippen MR) is 100.0 cm³/mol. The Labute approximate surface area is 161 Å². The molecule has 0 radical (unpaired) electrons. The summed E-state index contributed by atoms with van der Waals surface area (Å²) in [5, 5.41) is 0. The van der Waals surface area contributed by atoms with Gasteiger partial charge in [0.15, 0.2) is 6.29 Å². The molecule has 4 aliphatic rings. The third-order valence-electron chi connectivity index (χ3n) is 6.41. The minimum absolute atomic E-state index is 0.0151. The molecule has 2 bridgehead atoms. The lowest BCUT2D eigenvalue weighted by molar-refractivity contribution is -0.205. The first-order valence-corrected chi connectivity index (χ1v) is 10.2. The van der Waals surface area contributed by atoms with E-state index in [9.17, 15) is 4.79 Å². The summed E-state index contributed by atoms with van der Waals surface area (Å²) in [6.07, 6.45) is 7.32. The second-order valence-electron chi connectivity index (χ2n) is 8.37. The van der Waals surface area contributed by atoms with E-state index in [1.54, 1.807) is 0 Å². The van der Waals surface area contributed by atoms with Gasteiger partial charge in [-0.25, -0.2) is 0 Å². The molecular formula is C22H30O5. The molecule has 1 aliphatic carbocycles. The normalized spacial score (nSPS) is 33.0. The van der Waals surface area contributed by atoms with Gasteiger partial charge in [-0.3, -0.25) is 4.79 Å². The monoisotopic (exact) mass is 374 g/mol. The maximum absolute atomic E-state index is 11.1.